The summed E-state index contributed by atoms with van der Waals surface area (Å²) in [7, 11) is 0. The minimum absolute atomic E-state index is 0.0235. The molecule has 1 aromatic carbocycles. The first-order valence-electron chi connectivity index (χ1n) is 7.73. The van der Waals surface area contributed by atoms with Crippen molar-refractivity contribution >= 4 is 16.9 Å². The van der Waals surface area contributed by atoms with E-state index in [0.29, 0.717) is 22.7 Å². The number of benzene rings is 1. The number of carbonyl (C=O) groups is 1. The van der Waals surface area contributed by atoms with Crippen LogP contribution in [0.2, 0.25) is 0 Å². The third kappa shape index (κ3) is 2.28. The molecule has 6 heteroatoms. The first-order chi connectivity index (χ1) is 10.7. The van der Waals surface area contributed by atoms with Crippen LogP contribution in [0.4, 0.5) is 0 Å². The molecule has 0 N–H and O–H groups in total. The van der Waals surface area contributed by atoms with Crippen molar-refractivity contribution < 1.29 is 9.53 Å². The molecule has 22 heavy (non-hydrogen) atoms. The van der Waals surface area contributed by atoms with E-state index in [9.17, 15) is 9.59 Å². The van der Waals surface area contributed by atoms with Crippen molar-refractivity contribution in [2.45, 2.75) is 38.3 Å². The van der Waals surface area contributed by atoms with Crippen molar-refractivity contribution in [1.29, 1.82) is 0 Å². The summed E-state index contributed by atoms with van der Waals surface area (Å²) in [5.41, 5.74) is 0.223. The lowest BCUT2D eigenvalue weighted by Gasteiger charge is -2.21. The summed E-state index contributed by atoms with van der Waals surface area (Å²) >= 11 is 0. The third-order valence-electron chi connectivity index (χ3n) is 4.86. The molecule has 2 aliphatic carbocycles. The lowest BCUT2D eigenvalue weighted by molar-refractivity contribution is -0.152. The molecule has 0 radical (unpaired) electrons. The normalized spacial score (nSPS) is 26.5. The highest BCUT2D eigenvalue weighted by Gasteiger charge is 2.41. The monoisotopic (exact) mass is 299 g/mol. The van der Waals surface area contributed by atoms with Gasteiger partial charge in [0.05, 0.1) is 5.39 Å². The summed E-state index contributed by atoms with van der Waals surface area (Å²) in [5, 5.41) is 8.26. The average Bonchev–Trinajstić information content (AvgIpc) is 3.13. The van der Waals surface area contributed by atoms with E-state index < -0.39 is 5.97 Å². The molecular weight excluding hydrogens is 282 g/mol. The van der Waals surface area contributed by atoms with Crippen molar-refractivity contribution in [2.24, 2.45) is 11.8 Å². The Hall–Kier alpha value is -2.24. The van der Waals surface area contributed by atoms with Gasteiger partial charge in [-0.2, -0.15) is 4.68 Å². The van der Waals surface area contributed by atoms with Crippen LogP contribution in [-0.2, 0) is 16.1 Å². The number of ether oxygens (including phenoxy) is 1. The van der Waals surface area contributed by atoms with Crippen LogP contribution >= 0.6 is 0 Å². The van der Waals surface area contributed by atoms with E-state index in [0.717, 1.165) is 17.5 Å². The van der Waals surface area contributed by atoms with Crippen LogP contribution in [0.1, 0.15) is 25.7 Å². The van der Waals surface area contributed by atoms with Crippen molar-refractivity contribution in [2.75, 3.05) is 0 Å². The van der Waals surface area contributed by atoms with Gasteiger partial charge in [-0.05, 0) is 49.7 Å². The van der Waals surface area contributed by atoms with Gasteiger partial charge >= 0.3 is 5.97 Å². The highest BCUT2D eigenvalue weighted by molar-refractivity contribution is 5.77. The van der Waals surface area contributed by atoms with Crippen molar-refractivity contribution in [3.63, 3.8) is 0 Å². The Kier molecular flexibility index (Phi) is 3.17. The van der Waals surface area contributed by atoms with E-state index in [1.807, 2.05) is 0 Å². The Morgan fingerprint density at radius 3 is 2.91 bits per heavy atom. The van der Waals surface area contributed by atoms with Crippen molar-refractivity contribution in [1.82, 2.24) is 15.0 Å². The standard InChI is InChI=1S/C16H17N3O3/c20-15(22-14-8-10-5-6-11(14)7-10)9-19-16(21)12-3-1-2-4-13(12)17-18-19/h1-4,10-11,14H,5-9H2. The predicted molar refractivity (Wildman–Crippen MR) is 79.1 cm³/mol. The summed E-state index contributed by atoms with van der Waals surface area (Å²) < 4.78 is 6.63. The Balaban J connectivity index is 1.50. The van der Waals surface area contributed by atoms with Crippen LogP contribution in [0.3, 0.4) is 0 Å². The summed E-state index contributed by atoms with van der Waals surface area (Å²) in [4.78, 5) is 24.4. The van der Waals surface area contributed by atoms with Crippen LogP contribution in [0.5, 0.6) is 0 Å². The zero-order valence-electron chi connectivity index (χ0n) is 12.1. The maximum Gasteiger partial charge on any atom is 0.328 e. The van der Waals surface area contributed by atoms with Gasteiger partial charge in [0, 0.05) is 0 Å². The molecule has 4 rings (SSSR count). The second kappa shape index (κ2) is 5.19. The Morgan fingerprint density at radius 1 is 1.27 bits per heavy atom. The molecule has 114 valence electrons. The van der Waals surface area contributed by atoms with E-state index >= 15 is 0 Å². The molecule has 3 atom stereocenters. The molecule has 0 aliphatic heterocycles. The van der Waals surface area contributed by atoms with E-state index in [-0.39, 0.29) is 18.2 Å². The van der Waals surface area contributed by atoms with E-state index in [2.05, 4.69) is 10.3 Å². The number of esters is 1. The minimum Gasteiger partial charge on any atom is -0.461 e. The first-order valence-corrected chi connectivity index (χ1v) is 7.73. The maximum absolute atomic E-state index is 12.3. The molecule has 6 nitrogen and oxygen atoms in total. The molecular formula is C16H17N3O3. The maximum atomic E-state index is 12.3. The van der Waals surface area contributed by atoms with Crippen LogP contribution < -0.4 is 5.56 Å². The molecule has 0 spiro atoms. The number of nitrogens with zero attached hydrogens (tertiary/aromatic N) is 3. The van der Waals surface area contributed by atoms with E-state index in [4.69, 9.17) is 4.74 Å². The summed E-state index contributed by atoms with van der Waals surface area (Å²) in [6.45, 7) is -0.176. The summed E-state index contributed by atoms with van der Waals surface area (Å²) in [5.74, 6) is 0.823. The van der Waals surface area contributed by atoms with Gasteiger partial charge < -0.3 is 4.74 Å². The molecule has 2 aliphatic rings. The first kappa shape index (κ1) is 13.4. The van der Waals surface area contributed by atoms with E-state index in [1.165, 1.54) is 12.8 Å². The van der Waals surface area contributed by atoms with Crippen LogP contribution in [0, 0.1) is 11.8 Å². The van der Waals surface area contributed by atoms with Crippen molar-refractivity contribution in [3.8, 4) is 0 Å². The van der Waals surface area contributed by atoms with Gasteiger partial charge in [0.2, 0.25) is 0 Å². The second-order valence-corrected chi connectivity index (χ2v) is 6.27. The fourth-order valence-corrected chi connectivity index (χ4v) is 3.79. The largest absolute Gasteiger partial charge is 0.461 e. The molecule has 2 fully saturated rings. The zero-order chi connectivity index (χ0) is 15.1. The number of aromatic nitrogens is 3. The molecule has 2 saturated carbocycles. The third-order valence-corrected chi connectivity index (χ3v) is 4.86. The average molecular weight is 299 g/mol. The molecule has 1 heterocycles. The summed E-state index contributed by atoms with van der Waals surface area (Å²) in [6, 6.07) is 6.97. The SMILES string of the molecule is O=C(Cn1nnc2ccccc2c1=O)OC1CC2CCC1C2. The van der Waals surface area contributed by atoms with Gasteiger partial charge in [0.1, 0.15) is 18.2 Å². The van der Waals surface area contributed by atoms with Gasteiger partial charge in [-0.1, -0.05) is 17.3 Å². The highest BCUT2D eigenvalue weighted by Crippen LogP contribution is 2.45. The zero-order valence-corrected chi connectivity index (χ0v) is 12.1. The second-order valence-electron chi connectivity index (χ2n) is 6.27. The minimum atomic E-state index is -0.399. The number of hydrogen-bond acceptors (Lipinski definition) is 5. The smallest absolute Gasteiger partial charge is 0.328 e. The van der Waals surface area contributed by atoms with Gasteiger partial charge in [0.15, 0.2) is 0 Å². The lowest BCUT2D eigenvalue weighted by Crippen LogP contribution is -2.31. The Bertz CT molecular complexity index is 786. The van der Waals surface area contributed by atoms with Crippen LogP contribution in [-0.4, -0.2) is 27.1 Å². The van der Waals surface area contributed by atoms with Crippen LogP contribution in [0.25, 0.3) is 10.9 Å². The number of fused-ring (bicyclic) bond motifs is 3. The van der Waals surface area contributed by atoms with Crippen LogP contribution in [0.15, 0.2) is 29.1 Å². The molecule has 0 saturated heterocycles. The topological polar surface area (TPSA) is 74.1 Å². The molecule has 0 amide bonds. The number of hydrogen-bond donors (Lipinski definition) is 0. The number of carbonyl (C=O) groups excluding carboxylic acids is 1. The quantitative estimate of drug-likeness (QED) is 0.803. The highest BCUT2D eigenvalue weighted by atomic mass is 16.5. The lowest BCUT2D eigenvalue weighted by atomic mass is 9.98. The van der Waals surface area contributed by atoms with Gasteiger partial charge in [-0.15, -0.1) is 5.10 Å². The molecule has 2 aromatic rings. The van der Waals surface area contributed by atoms with Crippen molar-refractivity contribution in [3.05, 3.63) is 34.6 Å². The Morgan fingerprint density at radius 2 is 2.14 bits per heavy atom. The van der Waals surface area contributed by atoms with E-state index in [1.54, 1.807) is 24.3 Å². The Labute approximate surface area is 127 Å². The van der Waals surface area contributed by atoms with Gasteiger partial charge in [-0.3, -0.25) is 9.59 Å². The summed E-state index contributed by atoms with van der Waals surface area (Å²) in [6.07, 6.45) is 4.57. The predicted octanol–water partition coefficient (Wildman–Crippen LogP) is 1.52. The van der Waals surface area contributed by atoms with Gasteiger partial charge in [0.25, 0.3) is 5.56 Å². The fourth-order valence-electron chi connectivity index (χ4n) is 3.79. The fraction of sp³-hybridized carbons (Fsp3) is 0.500. The molecule has 3 unspecified atom stereocenters. The molecule has 1 aromatic heterocycles. The molecule has 2 bridgehead atoms. The number of rotatable bonds is 3. The van der Waals surface area contributed by atoms with Gasteiger partial charge in [-0.25, -0.2) is 0 Å².